The summed E-state index contributed by atoms with van der Waals surface area (Å²) in [6.07, 6.45) is 4.76. The highest BCUT2D eigenvalue weighted by atomic mass is 16.2. The van der Waals surface area contributed by atoms with Gasteiger partial charge in [0.1, 0.15) is 0 Å². The molecule has 0 unspecified atom stereocenters. The lowest BCUT2D eigenvalue weighted by atomic mass is 9.94. The highest BCUT2D eigenvalue weighted by Crippen LogP contribution is 2.22. The molecule has 2 aliphatic rings. The standard InChI is InChI=1S/C23H28N4O2/c28-22(27-15-13-25(14-16-27)18-19-5-2-1-3-6-19)20-8-11-26(12-9-20)23(29)21-7-4-10-24-17-21/h1-7,10,17,20H,8-9,11-16,18H2. The van der Waals surface area contributed by atoms with E-state index in [0.717, 1.165) is 45.6 Å². The minimum absolute atomic E-state index is 0.0125. The number of benzene rings is 1. The SMILES string of the molecule is O=C(c1cccnc1)N1CCC(C(=O)N2CCN(Cc3ccccc3)CC2)CC1. The third kappa shape index (κ3) is 4.82. The van der Waals surface area contributed by atoms with E-state index >= 15 is 0 Å². The third-order valence-electron chi connectivity index (χ3n) is 5.97. The number of hydrogen-bond donors (Lipinski definition) is 0. The number of piperidine rings is 1. The predicted octanol–water partition coefficient (Wildman–Crippen LogP) is 2.28. The van der Waals surface area contributed by atoms with E-state index in [9.17, 15) is 9.59 Å². The number of hydrogen-bond acceptors (Lipinski definition) is 4. The first-order chi connectivity index (χ1) is 14.2. The summed E-state index contributed by atoms with van der Waals surface area (Å²) in [5.41, 5.74) is 1.93. The van der Waals surface area contributed by atoms with Gasteiger partial charge in [-0.15, -0.1) is 0 Å². The normalized spacial score (nSPS) is 18.6. The molecule has 2 saturated heterocycles. The van der Waals surface area contributed by atoms with Gasteiger partial charge in [0, 0.05) is 64.1 Å². The van der Waals surface area contributed by atoms with Crippen LogP contribution in [0.3, 0.4) is 0 Å². The number of aromatic nitrogens is 1. The Kier molecular flexibility index (Phi) is 6.20. The smallest absolute Gasteiger partial charge is 0.255 e. The van der Waals surface area contributed by atoms with E-state index in [-0.39, 0.29) is 17.7 Å². The lowest BCUT2D eigenvalue weighted by Gasteiger charge is -2.38. The Bertz CT molecular complexity index is 811. The Balaban J connectivity index is 1.23. The van der Waals surface area contributed by atoms with Crippen LogP contribution in [-0.2, 0) is 11.3 Å². The van der Waals surface area contributed by atoms with Crippen LogP contribution in [0.4, 0.5) is 0 Å². The van der Waals surface area contributed by atoms with Crippen molar-refractivity contribution in [1.82, 2.24) is 19.7 Å². The van der Waals surface area contributed by atoms with Crippen molar-refractivity contribution in [2.24, 2.45) is 5.92 Å². The molecule has 3 heterocycles. The third-order valence-corrected chi connectivity index (χ3v) is 5.97. The zero-order valence-corrected chi connectivity index (χ0v) is 16.7. The molecule has 2 aromatic rings. The van der Waals surface area contributed by atoms with Crippen LogP contribution >= 0.6 is 0 Å². The van der Waals surface area contributed by atoms with Crippen molar-refractivity contribution in [2.75, 3.05) is 39.3 Å². The molecule has 0 aliphatic carbocycles. The van der Waals surface area contributed by atoms with E-state index in [1.165, 1.54) is 5.56 Å². The number of carbonyl (C=O) groups excluding carboxylic acids is 2. The molecule has 152 valence electrons. The molecule has 0 radical (unpaired) electrons. The van der Waals surface area contributed by atoms with E-state index in [4.69, 9.17) is 0 Å². The van der Waals surface area contributed by atoms with Gasteiger partial charge in [0.05, 0.1) is 5.56 Å². The zero-order valence-electron chi connectivity index (χ0n) is 16.7. The van der Waals surface area contributed by atoms with Crippen molar-refractivity contribution in [3.05, 3.63) is 66.0 Å². The maximum Gasteiger partial charge on any atom is 0.255 e. The molecule has 2 aliphatic heterocycles. The van der Waals surface area contributed by atoms with Crippen molar-refractivity contribution >= 4 is 11.8 Å². The summed E-state index contributed by atoms with van der Waals surface area (Å²) in [5, 5.41) is 0. The Morgan fingerprint density at radius 1 is 0.862 bits per heavy atom. The summed E-state index contributed by atoms with van der Waals surface area (Å²) < 4.78 is 0. The largest absolute Gasteiger partial charge is 0.340 e. The number of carbonyl (C=O) groups is 2. The lowest BCUT2D eigenvalue weighted by molar-refractivity contribution is -0.138. The van der Waals surface area contributed by atoms with Gasteiger partial charge in [-0.25, -0.2) is 0 Å². The van der Waals surface area contributed by atoms with E-state index in [1.807, 2.05) is 15.9 Å². The van der Waals surface area contributed by atoms with Crippen LogP contribution in [0.1, 0.15) is 28.8 Å². The van der Waals surface area contributed by atoms with Gasteiger partial charge in [0.2, 0.25) is 5.91 Å². The molecule has 2 amide bonds. The number of likely N-dealkylation sites (tertiary alicyclic amines) is 1. The first-order valence-electron chi connectivity index (χ1n) is 10.4. The van der Waals surface area contributed by atoms with Crippen LogP contribution in [0.25, 0.3) is 0 Å². The first kappa shape index (κ1) is 19.6. The number of pyridine rings is 1. The van der Waals surface area contributed by atoms with Crippen LogP contribution < -0.4 is 0 Å². The van der Waals surface area contributed by atoms with Crippen LogP contribution in [0.5, 0.6) is 0 Å². The zero-order chi connectivity index (χ0) is 20.1. The fourth-order valence-electron chi connectivity index (χ4n) is 4.23. The second kappa shape index (κ2) is 9.18. The molecular formula is C23H28N4O2. The molecular weight excluding hydrogens is 364 g/mol. The summed E-state index contributed by atoms with van der Waals surface area (Å²) in [6.45, 7) is 5.63. The van der Waals surface area contributed by atoms with Crippen molar-refractivity contribution in [3.63, 3.8) is 0 Å². The summed E-state index contributed by atoms with van der Waals surface area (Å²) in [7, 11) is 0. The van der Waals surface area contributed by atoms with E-state index < -0.39 is 0 Å². The van der Waals surface area contributed by atoms with Crippen LogP contribution in [-0.4, -0.2) is 70.8 Å². The molecule has 0 atom stereocenters. The highest BCUT2D eigenvalue weighted by molar-refractivity contribution is 5.94. The minimum Gasteiger partial charge on any atom is -0.340 e. The Labute approximate surface area is 172 Å². The Hall–Kier alpha value is -2.73. The van der Waals surface area contributed by atoms with Crippen LogP contribution in [0.2, 0.25) is 0 Å². The van der Waals surface area contributed by atoms with Crippen molar-refractivity contribution in [1.29, 1.82) is 0 Å². The van der Waals surface area contributed by atoms with Gasteiger partial charge in [-0.2, -0.15) is 0 Å². The topological polar surface area (TPSA) is 56.8 Å². The maximum absolute atomic E-state index is 13.0. The highest BCUT2D eigenvalue weighted by Gasteiger charge is 2.31. The molecule has 6 heteroatoms. The molecule has 1 aromatic heterocycles. The average Bonchev–Trinajstić information content (AvgIpc) is 2.80. The van der Waals surface area contributed by atoms with Gasteiger partial charge in [-0.05, 0) is 30.5 Å². The van der Waals surface area contributed by atoms with Gasteiger partial charge >= 0.3 is 0 Å². The van der Waals surface area contributed by atoms with Gasteiger partial charge < -0.3 is 9.80 Å². The van der Waals surface area contributed by atoms with E-state index in [0.29, 0.717) is 18.7 Å². The second-order valence-corrected chi connectivity index (χ2v) is 7.90. The monoisotopic (exact) mass is 392 g/mol. The van der Waals surface area contributed by atoms with Gasteiger partial charge in [-0.3, -0.25) is 19.5 Å². The van der Waals surface area contributed by atoms with Crippen LogP contribution in [0, 0.1) is 5.92 Å². The first-order valence-corrected chi connectivity index (χ1v) is 10.4. The molecule has 1 aromatic carbocycles. The van der Waals surface area contributed by atoms with Gasteiger partial charge in [-0.1, -0.05) is 30.3 Å². The summed E-state index contributed by atoms with van der Waals surface area (Å²) in [5.74, 6) is 0.310. The van der Waals surface area contributed by atoms with Gasteiger partial charge in [0.15, 0.2) is 0 Å². The fraction of sp³-hybridized carbons (Fsp3) is 0.435. The average molecular weight is 393 g/mol. The maximum atomic E-state index is 13.0. The molecule has 6 nitrogen and oxygen atoms in total. The number of rotatable bonds is 4. The van der Waals surface area contributed by atoms with E-state index in [1.54, 1.807) is 24.5 Å². The number of nitrogens with zero attached hydrogens (tertiary/aromatic N) is 4. The summed E-state index contributed by atoms with van der Waals surface area (Å²) >= 11 is 0. The molecule has 0 N–H and O–H groups in total. The fourth-order valence-corrected chi connectivity index (χ4v) is 4.23. The minimum atomic E-state index is 0.0125. The molecule has 2 fully saturated rings. The van der Waals surface area contributed by atoms with Crippen LogP contribution in [0.15, 0.2) is 54.9 Å². The Morgan fingerprint density at radius 2 is 1.59 bits per heavy atom. The second-order valence-electron chi connectivity index (χ2n) is 7.90. The quantitative estimate of drug-likeness (QED) is 0.801. The van der Waals surface area contributed by atoms with Crippen molar-refractivity contribution < 1.29 is 9.59 Å². The van der Waals surface area contributed by atoms with Gasteiger partial charge in [0.25, 0.3) is 5.91 Å². The lowest BCUT2D eigenvalue weighted by Crippen LogP contribution is -2.51. The summed E-state index contributed by atoms with van der Waals surface area (Å²) in [4.78, 5) is 35.8. The van der Waals surface area contributed by atoms with E-state index in [2.05, 4.69) is 34.1 Å². The number of piperazine rings is 1. The molecule has 29 heavy (non-hydrogen) atoms. The van der Waals surface area contributed by atoms with Crippen molar-refractivity contribution in [2.45, 2.75) is 19.4 Å². The number of amides is 2. The molecule has 0 bridgehead atoms. The van der Waals surface area contributed by atoms with Crippen molar-refractivity contribution in [3.8, 4) is 0 Å². The summed E-state index contributed by atoms with van der Waals surface area (Å²) in [6, 6.07) is 14.1. The molecule has 4 rings (SSSR count). The predicted molar refractivity (Wildman–Crippen MR) is 111 cm³/mol. The molecule has 0 saturated carbocycles. The Morgan fingerprint density at radius 3 is 2.24 bits per heavy atom. The molecule has 0 spiro atoms.